The van der Waals surface area contributed by atoms with Crippen LogP contribution < -0.4 is 10.6 Å². The highest BCUT2D eigenvalue weighted by Gasteiger charge is 2.59. The molecule has 1 saturated heterocycles. The number of nitrogens with zero attached hydrogens (tertiary/aromatic N) is 1. The largest absolute Gasteiger partial charge is 0.320 e. The van der Waals surface area contributed by atoms with Crippen LogP contribution in [0.5, 0.6) is 0 Å². The zero-order chi connectivity index (χ0) is 16.8. The second kappa shape index (κ2) is 5.73. The zero-order valence-corrected chi connectivity index (χ0v) is 14.3. The molecule has 4 atom stereocenters. The minimum atomic E-state index is -0.448. The molecule has 24 heavy (non-hydrogen) atoms. The van der Waals surface area contributed by atoms with Crippen molar-refractivity contribution in [3.05, 3.63) is 40.9 Å². The predicted octanol–water partition coefficient (Wildman–Crippen LogP) is 2.34. The fourth-order valence-electron chi connectivity index (χ4n) is 3.98. The molecule has 7 heteroatoms. The van der Waals surface area contributed by atoms with Crippen molar-refractivity contribution in [2.24, 2.45) is 23.7 Å². The summed E-state index contributed by atoms with van der Waals surface area (Å²) in [5.74, 6) is -0.430. The van der Waals surface area contributed by atoms with E-state index in [2.05, 4.69) is 26.6 Å². The van der Waals surface area contributed by atoms with E-state index in [1.165, 1.54) is 4.90 Å². The first-order chi connectivity index (χ1) is 11.5. The molecule has 2 bridgehead atoms. The Hall–Kier alpha value is -2.15. The van der Waals surface area contributed by atoms with Crippen LogP contribution in [0.3, 0.4) is 0 Å². The maximum atomic E-state index is 12.5. The maximum Gasteiger partial charge on any atom is 0.320 e. The minimum absolute atomic E-state index is 0.0908. The normalized spacial score (nSPS) is 30.0. The van der Waals surface area contributed by atoms with Crippen molar-refractivity contribution in [3.63, 3.8) is 0 Å². The highest BCUT2D eigenvalue weighted by Crippen LogP contribution is 2.52. The van der Waals surface area contributed by atoms with Crippen LogP contribution in [0.1, 0.15) is 6.42 Å². The molecule has 0 aromatic heterocycles. The van der Waals surface area contributed by atoms with Gasteiger partial charge in [0.2, 0.25) is 11.8 Å². The minimum Gasteiger partial charge on any atom is -0.320 e. The number of anilines is 1. The molecule has 124 valence electrons. The number of imide groups is 1. The fraction of sp³-hybridized carbons (Fsp3) is 0.353. The Bertz CT molecular complexity index is 716. The average molecular weight is 390 g/mol. The van der Waals surface area contributed by atoms with Crippen LogP contribution in [0.15, 0.2) is 40.9 Å². The van der Waals surface area contributed by atoms with E-state index in [0.29, 0.717) is 5.69 Å². The van der Waals surface area contributed by atoms with E-state index in [-0.39, 0.29) is 42.2 Å². The Morgan fingerprint density at radius 2 is 1.67 bits per heavy atom. The molecular weight excluding hydrogens is 374 g/mol. The average Bonchev–Trinajstić information content (AvgIpc) is 3.23. The summed E-state index contributed by atoms with van der Waals surface area (Å²) in [5.41, 5.74) is 0.633. The van der Waals surface area contributed by atoms with E-state index in [9.17, 15) is 14.4 Å². The first kappa shape index (κ1) is 15.4. The monoisotopic (exact) mass is 389 g/mol. The highest BCUT2D eigenvalue weighted by atomic mass is 79.9. The van der Waals surface area contributed by atoms with Crippen molar-refractivity contribution in [2.75, 3.05) is 12.0 Å². The van der Waals surface area contributed by atoms with E-state index in [0.717, 1.165) is 10.9 Å². The first-order valence-electron chi connectivity index (χ1n) is 7.88. The number of halogens is 1. The van der Waals surface area contributed by atoms with Gasteiger partial charge in [0.05, 0.1) is 11.8 Å². The van der Waals surface area contributed by atoms with Crippen LogP contribution in [0, 0.1) is 23.7 Å². The van der Waals surface area contributed by atoms with Crippen molar-refractivity contribution >= 4 is 39.5 Å². The molecule has 1 aromatic carbocycles. The highest BCUT2D eigenvalue weighted by molar-refractivity contribution is 9.10. The molecule has 4 amide bonds. The van der Waals surface area contributed by atoms with E-state index < -0.39 is 6.03 Å². The third-order valence-corrected chi connectivity index (χ3v) is 5.59. The molecule has 0 radical (unpaired) electrons. The van der Waals surface area contributed by atoms with Crippen LogP contribution in [0.25, 0.3) is 0 Å². The predicted molar refractivity (Wildman–Crippen MR) is 90.7 cm³/mol. The molecule has 4 unspecified atom stereocenters. The van der Waals surface area contributed by atoms with Gasteiger partial charge in [0.1, 0.15) is 6.67 Å². The van der Waals surface area contributed by atoms with Gasteiger partial charge in [0, 0.05) is 10.2 Å². The molecular formula is C17H16BrN3O3. The molecule has 0 spiro atoms. The number of carbonyl (C=O) groups excluding carboxylic acids is 3. The van der Waals surface area contributed by atoms with E-state index in [1.54, 1.807) is 12.1 Å². The second-order valence-electron chi connectivity index (χ2n) is 6.40. The number of allylic oxidation sites excluding steroid dienone is 2. The van der Waals surface area contributed by atoms with Gasteiger partial charge in [-0.15, -0.1) is 0 Å². The zero-order valence-electron chi connectivity index (χ0n) is 12.7. The standard InChI is InChI=1S/C17H16BrN3O3/c18-11-3-5-12(6-4-11)20-17(24)19-8-21-15(22)13-9-1-2-10(7-9)14(13)16(21)23/h1-6,9-10,13-14H,7-8H2,(H2,19,20,24). The van der Waals surface area contributed by atoms with Crippen LogP contribution in [-0.4, -0.2) is 29.4 Å². The number of nitrogens with one attached hydrogen (secondary N) is 2. The van der Waals surface area contributed by atoms with E-state index in [1.807, 2.05) is 24.3 Å². The number of benzene rings is 1. The van der Waals surface area contributed by atoms with Gasteiger partial charge in [-0.25, -0.2) is 4.79 Å². The molecule has 4 rings (SSSR count). The topological polar surface area (TPSA) is 78.5 Å². The number of fused-ring (bicyclic) bond motifs is 5. The number of rotatable bonds is 3. The van der Waals surface area contributed by atoms with Crippen LogP contribution >= 0.6 is 15.9 Å². The van der Waals surface area contributed by atoms with Gasteiger partial charge in [-0.3, -0.25) is 14.5 Å². The van der Waals surface area contributed by atoms with E-state index >= 15 is 0 Å². The van der Waals surface area contributed by atoms with Crippen LogP contribution in [-0.2, 0) is 9.59 Å². The third kappa shape index (κ3) is 2.43. The van der Waals surface area contributed by atoms with E-state index in [4.69, 9.17) is 0 Å². The van der Waals surface area contributed by atoms with Crippen molar-refractivity contribution < 1.29 is 14.4 Å². The number of urea groups is 1. The molecule has 1 saturated carbocycles. The second-order valence-corrected chi connectivity index (χ2v) is 7.32. The summed E-state index contributed by atoms with van der Waals surface area (Å²) in [7, 11) is 0. The summed E-state index contributed by atoms with van der Waals surface area (Å²) < 4.78 is 0.913. The Kier molecular flexibility index (Phi) is 3.68. The van der Waals surface area contributed by atoms with Gasteiger partial charge >= 0.3 is 6.03 Å². The lowest BCUT2D eigenvalue weighted by Crippen LogP contribution is -2.43. The summed E-state index contributed by atoms with van der Waals surface area (Å²) in [4.78, 5) is 38.1. The molecule has 1 heterocycles. The maximum absolute atomic E-state index is 12.5. The van der Waals surface area contributed by atoms with Gasteiger partial charge in [-0.05, 0) is 42.5 Å². The molecule has 6 nitrogen and oxygen atoms in total. The summed E-state index contributed by atoms with van der Waals surface area (Å²) in [6.45, 7) is -0.0908. The lowest BCUT2D eigenvalue weighted by atomic mass is 9.85. The number of amides is 4. The third-order valence-electron chi connectivity index (χ3n) is 5.06. The number of likely N-dealkylation sites (tertiary alicyclic amines) is 1. The number of carbonyl (C=O) groups is 3. The number of hydrogen-bond acceptors (Lipinski definition) is 3. The molecule has 1 aliphatic heterocycles. The lowest BCUT2D eigenvalue weighted by molar-refractivity contribution is -0.140. The Morgan fingerprint density at radius 3 is 2.25 bits per heavy atom. The molecule has 2 fully saturated rings. The molecule has 3 aliphatic rings. The van der Waals surface area contributed by atoms with Crippen LogP contribution in [0.2, 0.25) is 0 Å². The SMILES string of the molecule is O=C(NCN1C(=O)C2C3C=CC(C3)C2C1=O)Nc1ccc(Br)cc1. The molecule has 1 aromatic rings. The Morgan fingerprint density at radius 1 is 1.08 bits per heavy atom. The van der Waals surface area contributed by atoms with Crippen molar-refractivity contribution in [2.45, 2.75) is 6.42 Å². The molecule has 2 N–H and O–H groups in total. The fourth-order valence-corrected chi connectivity index (χ4v) is 4.24. The number of hydrogen-bond donors (Lipinski definition) is 2. The first-order valence-corrected chi connectivity index (χ1v) is 8.68. The molecule has 2 aliphatic carbocycles. The summed E-state index contributed by atoms with van der Waals surface area (Å²) >= 11 is 3.32. The van der Waals surface area contributed by atoms with Gasteiger partial charge in [-0.1, -0.05) is 28.1 Å². The Labute approximate surface area is 147 Å². The van der Waals surface area contributed by atoms with Gasteiger partial charge < -0.3 is 10.6 Å². The lowest BCUT2D eigenvalue weighted by Gasteiger charge is -2.18. The van der Waals surface area contributed by atoms with Gasteiger partial charge in [0.25, 0.3) is 0 Å². The summed E-state index contributed by atoms with van der Waals surface area (Å²) in [6, 6.07) is 6.68. The van der Waals surface area contributed by atoms with Crippen molar-refractivity contribution in [1.29, 1.82) is 0 Å². The van der Waals surface area contributed by atoms with Gasteiger partial charge in [-0.2, -0.15) is 0 Å². The quantitative estimate of drug-likeness (QED) is 0.614. The van der Waals surface area contributed by atoms with Crippen molar-refractivity contribution in [1.82, 2.24) is 10.2 Å². The summed E-state index contributed by atoms with van der Waals surface area (Å²) in [5, 5.41) is 5.26. The smallest absolute Gasteiger partial charge is 0.320 e. The summed E-state index contributed by atoms with van der Waals surface area (Å²) in [6.07, 6.45) is 5.00. The van der Waals surface area contributed by atoms with Crippen LogP contribution in [0.4, 0.5) is 10.5 Å². The van der Waals surface area contributed by atoms with Gasteiger partial charge in [0.15, 0.2) is 0 Å². The Balaban J connectivity index is 1.36. The van der Waals surface area contributed by atoms with Crippen molar-refractivity contribution in [3.8, 4) is 0 Å².